The molecule has 4 fully saturated rings. The highest BCUT2D eigenvalue weighted by molar-refractivity contribution is 6.30. The van der Waals surface area contributed by atoms with Crippen molar-refractivity contribution < 1.29 is 23.8 Å². The Balaban J connectivity index is 1.20. The maximum absolute atomic E-state index is 13.4. The number of piperidine rings is 1. The largest absolute Gasteiger partial charge is 0.489 e. The number of benzene rings is 1. The number of Topliss-reactive ketones (excluding diaryl/α,β-unsaturated/α-hetero) is 1. The zero-order valence-electron chi connectivity index (χ0n) is 16.8. The number of nitrogens with one attached hydrogen (secondary N) is 3. The Bertz CT molecular complexity index is 832. The molecule has 7 nitrogen and oxygen atoms in total. The van der Waals surface area contributed by atoms with Gasteiger partial charge in [-0.15, -0.1) is 0 Å². The lowest BCUT2D eigenvalue weighted by Gasteiger charge is -2.71. The molecule has 1 saturated heterocycles. The molecule has 3 unspecified atom stereocenters. The van der Waals surface area contributed by atoms with Crippen molar-refractivity contribution in [3.05, 3.63) is 29.0 Å². The summed E-state index contributed by atoms with van der Waals surface area (Å²) in [5.74, 6) is -0.241. The molecule has 3 saturated carbocycles. The van der Waals surface area contributed by atoms with Crippen LogP contribution in [-0.2, 0) is 9.59 Å². The molecule has 164 valence electrons. The summed E-state index contributed by atoms with van der Waals surface area (Å²) >= 11 is 5.64. The Morgan fingerprint density at radius 3 is 2.77 bits per heavy atom. The third-order valence-corrected chi connectivity index (χ3v) is 6.79. The van der Waals surface area contributed by atoms with Crippen LogP contribution in [0.4, 0.5) is 4.39 Å². The second-order valence-electron chi connectivity index (χ2n) is 8.97. The maximum Gasteiger partial charge on any atom is 0.237 e. The van der Waals surface area contributed by atoms with Crippen molar-refractivity contribution in [2.45, 2.75) is 62.4 Å². The van der Waals surface area contributed by atoms with Crippen molar-refractivity contribution in [2.75, 3.05) is 13.2 Å². The number of aliphatic hydroxyl groups is 1. The summed E-state index contributed by atoms with van der Waals surface area (Å²) in [6.45, 7) is 2.23. The van der Waals surface area contributed by atoms with Gasteiger partial charge in [0.2, 0.25) is 5.91 Å². The lowest BCUT2D eigenvalue weighted by molar-refractivity contribution is -0.153. The van der Waals surface area contributed by atoms with Gasteiger partial charge in [0.15, 0.2) is 0 Å². The van der Waals surface area contributed by atoms with E-state index in [9.17, 15) is 19.1 Å². The molecule has 2 bridgehead atoms. The van der Waals surface area contributed by atoms with E-state index in [1.807, 2.05) is 0 Å². The standard InChI is InChI=1S/C21H27ClFN3O4/c1-12(27)13-4-5-24-17(6-13)19(29)26-21-9-20(10-21,11-21)25-18(28)8-30-14-2-3-15(22)16(23)7-14/h2-3,7,13,17-18,24-25,28H,4-6,8-11H2,1H3,(H,26,29). The molecule has 1 aliphatic heterocycles. The van der Waals surface area contributed by atoms with Gasteiger partial charge in [0.05, 0.1) is 11.1 Å². The number of ketones is 1. The predicted molar refractivity (Wildman–Crippen MR) is 109 cm³/mol. The summed E-state index contributed by atoms with van der Waals surface area (Å²) in [5, 5.41) is 19.7. The first-order chi connectivity index (χ1) is 14.2. The summed E-state index contributed by atoms with van der Waals surface area (Å²) in [6.07, 6.45) is 2.63. The normalized spacial score (nSPS) is 33.1. The number of aliphatic hydroxyl groups excluding tert-OH is 1. The Morgan fingerprint density at radius 2 is 2.10 bits per heavy atom. The Labute approximate surface area is 179 Å². The second kappa shape index (κ2) is 8.07. The smallest absolute Gasteiger partial charge is 0.237 e. The average molecular weight is 440 g/mol. The molecule has 4 N–H and O–H groups in total. The molecule has 1 amide bonds. The molecule has 5 rings (SSSR count). The van der Waals surface area contributed by atoms with Gasteiger partial charge in [-0.05, 0) is 57.7 Å². The Morgan fingerprint density at radius 1 is 1.37 bits per heavy atom. The van der Waals surface area contributed by atoms with Crippen LogP contribution in [0.15, 0.2) is 18.2 Å². The molecule has 3 atom stereocenters. The minimum Gasteiger partial charge on any atom is -0.489 e. The van der Waals surface area contributed by atoms with Gasteiger partial charge in [0.1, 0.15) is 30.2 Å². The number of amides is 1. The van der Waals surface area contributed by atoms with Crippen LogP contribution < -0.4 is 20.7 Å². The van der Waals surface area contributed by atoms with Crippen LogP contribution in [0.2, 0.25) is 5.02 Å². The second-order valence-corrected chi connectivity index (χ2v) is 9.37. The maximum atomic E-state index is 13.4. The van der Waals surface area contributed by atoms with Crippen LogP contribution in [0.3, 0.4) is 0 Å². The van der Waals surface area contributed by atoms with E-state index in [1.165, 1.54) is 12.1 Å². The van der Waals surface area contributed by atoms with E-state index in [0.29, 0.717) is 18.7 Å². The van der Waals surface area contributed by atoms with E-state index < -0.39 is 12.0 Å². The third-order valence-electron chi connectivity index (χ3n) is 6.49. The first kappa shape index (κ1) is 21.5. The summed E-state index contributed by atoms with van der Waals surface area (Å²) in [6, 6.07) is 3.79. The number of halogens is 2. The molecule has 30 heavy (non-hydrogen) atoms. The summed E-state index contributed by atoms with van der Waals surface area (Å²) < 4.78 is 18.9. The Hall–Kier alpha value is -1.74. The molecule has 3 aliphatic carbocycles. The van der Waals surface area contributed by atoms with Gasteiger partial charge in [-0.1, -0.05) is 11.6 Å². The number of hydrogen-bond acceptors (Lipinski definition) is 6. The van der Waals surface area contributed by atoms with Gasteiger partial charge in [-0.3, -0.25) is 14.9 Å². The summed E-state index contributed by atoms with van der Waals surface area (Å²) in [7, 11) is 0. The average Bonchev–Trinajstić information content (AvgIpc) is 2.66. The monoisotopic (exact) mass is 439 g/mol. The third kappa shape index (κ3) is 4.32. The van der Waals surface area contributed by atoms with Crippen LogP contribution in [0.5, 0.6) is 5.75 Å². The number of carbonyl (C=O) groups excluding carboxylic acids is 2. The number of carbonyl (C=O) groups is 2. The van der Waals surface area contributed by atoms with E-state index in [2.05, 4.69) is 16.0 Å². The minimum absolute atomic E-state index is 0.0162. The zero-order chi connectivity index (χ0) is 21.5. The van der Waals surface area contributed by atoms with Gasteiger partial charge in [-0.2, -0.15) is 0 Å². The predicted octanol–water partition coefficient (Wildman–Crippen LogP) is 1.51. The summed E-state index contributed by atoms with van der Waals surface area (Å²) in [4.78, 5) is 24.2. The van der Waals surface area contributed by atoms with E-state index >= 15 is 0 Å². The number of hydrogen-bond donors (Lipinski definition) is 4. The summed E-state index contributed by atoms with van der Waals surface area (Å²) in [5.41, 5.74) is -0.433. The molecule has 0 radical (unpaired) electrons. The van der Waals surface area contributed by atoms with E-state index in [4.69, 9.17) is 16.3 Å². The molecular formula is C21H27ClFN3O4. The molecule has 1 heterocycles. The van der Waals surface area contributed by atoms with Gasteiger partial charge >= 0.3 is 0 Å². The first-order valence-corrected chi connectivity index (χ1v) is 10.7. The number of ether oxygens (including phenoxy) is 1. The van der Waals surface area contributed by atoms with Crippen LogP contribution in [-0.4, -0.2) is 53.3 Å². The Kier molecular flexibility index (Phi) is 5.78. The van der Waals surface area contributed by atoms with Crippen molar-refractivity contribution in [2.24, 2.45) is 5.92 Å². The lowest BCUT2D eigenvalue weighted by atomic mass is 9.44. The molecule has 4 aliphatic rings. The van der Waals surface area contributed by atoms with Gasteiger partial charge in [0, 0.05) is 23.1 Å². The molecule has 0 spiro atoms. The zero-order valence-corrected chi connectivity index (χ0v) is 17.6. The SMILES string of the molecule is CC(=O)C1CCNC(C(=O)NC23CC(NC(O)COc4ccc(Cl)c(F)c4)(C2)C3)C1. The highest BCUT2D eigenvalue weighted by Gasteiger charge is 2.69. The van der Waals surface area contributed by atoms with Gasteiger partial charge in [0.25, 0.3) is 0 Å². The fourth-order valence-corrected chi connectivity index (χ4v) is 5.16. The quantitative estimate of drug-likeness (QED) is 0.458. The van der Waals surface area contributed by atoms with Crippen molar-refractivity contribution in [3.8, 4) is 5.75 Å². The van der Waals surface area contributed by atoms with Crippen LogP contribution >= 0.6 is 11.6 Å². The molecule has 9 heteroatoms. The fraction of sp³-hybridized carbons (Fsp3) is 0.619. The molecule has 0 aromatic heterocycles. The fourth-order valence-electron chi connectivity index (χ4n) is 5.05. The van der Waals surface area contributed by atoms with Crippen molar-refractivity contribution in [1.82, 2.24) is 16.0 Å². The highest BCUT2D eigenvalue weighted by Crippen LogP contribution is 2.60. The van der Waals surface area contributed by atoms with Crippen LogP contribution in [0, 0.1) is 11.7 Å². The van der Waals surface area contributed by atoms with Crippen LogP contribution in [0.1, 0.15) is 39.0 Å². The molecular weight excluding hydrogens is 413 g/mol. The minimum atomic E-state index is -0.908. The molecule has 1 aromatic carbocycles. The van der Waals surface area contributed by atoms with Crippen LogP contribution in [0.25, 0.3) is 0 Å². The van der Waals surface area contributed by atoms with Crippen molar-refractivity contribution >= 4 is 23.3 Å². The first-order valence-electron chi connectivity index (χ1n) is 10.3. The van der Waals surface area contributed by atoms with Gasteiger partial charge in [-0.25, -0.2) is 4.39 Å². The lowest BCUT2D eigenvalue weighted by Crippen LogP contribution is -2.84. The number of rotatable bonds is 8. The van der Waals surface area contributed by atoms with E-state index in [0.717, 1.165) is 25.7 Å². The van der Waals surface area contributed by atoms with Crippen molar-refractivity contribution in [3.63, 3.8) is 0 Å². The van der Waals surface area contributed by atoms with E-state index in [1.54, 1.807) is 13.0 Å². The highest BCUT2D eigenvalue weighted by atomic mass is 35.5. The van der Waals surface area contributed by atoms with Gasteiger partial charge < -0.3 is 20.5 Å². The van der Waals surface area contributed by atoms with E-state index in [-0.39, 0.29) is 46.4 Å². The van der Waals surface area contributed by atoms with Crippen molar-refractivity contribution in [1.29, 1.82) is 0 Å². The topological polar surface area (TPSA) is 99.7 Å². The molecule has 1 aromatic rings.